The third-order valence-electron chi connectivity index (χ3n) is 1.70. The molecule has 17 heavy (non-hydrogen) atoms. The molecule has 1 aromatic heterocycles. The molecule has 0 atom stereocenters. The summed E-state index contributed by atoms with van der Waals surface area (Å²) in [7, 11) is 1.46. The number of alkyl halides is 3. The Bertz CT molecular complexity index is 373. The summed E-state index contributed by atoms with van der Waals surface area (Å²) in [5, 5.41) is 2.78. The molecule has 0 aliphatic heterocycles. The van der Waals surface area contributed by atoms with Crippen LogP contribution in [0.5, 0.6) is 5.88 Å². The first-order valence-corrected chi connectivity index (χ1v) is 5.73. The van der Waals surface area contributed by atoms with E-state index in [9.17, 15) is 13.2 Å². The van der Waals surface area contributed by atoms with Crippen LogP contribution in [0.3, 0.4) is 0 Å². The number of hydrogen-bond donors (Lipinski definition) is 1. The largest absolute Gasteiger partial charge is 0.481 e. The van der Waals surface area contributed by atoms with Crippen molar-refractivity contribution in [3.8, 4) is 5.88 Å². The van der Waals surface area contributed by atoms with Crippen LogP contribution < -0.4 is 10.1 Å². The molecule has 0 aromatic carbocycles. The van der Waals surface area contributed by atoms with Crippen LogP contribution in [0.1, 0.15) is 5.82 Å². The highest BCUT2D eigenvalue weighted by molar-refractivity contribution is 8.00. The number of aromatic nitrogens is 2. The van der Waals surface area contributed by atoms with Crippen LogP contribution in [0, 0.1) is 6.92 Å². The fourth-order valence-corrected chi connectivity index (χ4v) is 1.52. The van der Waals surface area contributed by atoms with Gasteiger partial charge in [-0.15, -0.1) is 0 Å². The molecule has 0 saturated carbocycles. The van der Waals surface area contributed by atoms with Gasteiger partial charge in [-0.2, -0.15) is 18.2 Å². The number of ether oxygens (including phenoxy) is 1. The van der Waals surface area contributed by atoms with Gasteiger partial charge in [0.15, 0.2) is 0 Å². The van der Waals surface area contributed by atoms with E-state index in [0.29, 0.717) is 17.5 Å². The molecule has 1 rings (SSSR count). The lowest BCUT2D eigenvalue weighted by Crippen LogP contribution is -2.11. The maximum atomic E-state index is 11.9. The zero-order valence-electron chi connectivity index (χ0n) is 9.34. The topological polar surface area (TPSA) is 47.0 Å². The van der Waals surface area contributed by atoms with Gasteiger partial charge < -0.3 is 10.1 Å². The number of aryl methyl sites for hydroxylation is 1. The van der Waals surface area contributed by atoms with E-state index in [1.807, 2.05) is 0 Å². The minimum Gasteiger partial charge on any atom is -0.481 e. The van der Waals surface area contributed by atoms with Crippen LogP contribution in [0.25, 0.3) is 0 Å². The molecule has 0 unspecified atom stereocenters. The van der Waals surface area contributed by atoms with E-state index in [1.54, 1.807) is 6.92 Å². The van der Waals surface area contributed by atoms with Gasteiger partial charge >= 0.3 is 5.51 Å². The number of nitrogens with one attached hydrogen (secondary N) is 1. The summed E-state index contributed by atoms with van der Waals surface area (Å²) in [6, 6.07) is 1.53. The highest BCUT2D eigenvalue weighted by Crippen LogP contribution is 2.29. The number of hydrogen-bond acceptors (Lipinski definition) is 5. The van der Waals surface area contributed by atoms with Gasteiger partial charge in [-0.05, 0) is 18.7 Å². The quantitative estimate of drug-likeness (QED) is 0.830. The highest BCUT2D eigenvalue weighted by atomic mass is 32.2. The van der Waals surface area contributed by atoms with E-state index in [4.69, 9.17) is 4.74 Å². The fourth-order valence-electron chi connectivity index (χ4n) is 1.08. The predicted molar refractivity (Wildman–Crippen MR) is 60.3 cm³/mol. The summed E-state index contributed by atoms with van der Waals surface area (Å²) in [5.74, 6) is 1.26. The van der Waals surface area contributed by atoms with Gasteiger partial charge in [0.05, 0.1) is 7.11 Å². The maximum absolute atomic E-state index is 11.9. The van der Waals surface area contributed by atoms with E-state index >= 15 is 0 Å². The maximum Gasteiger partial charge on any atom is 0.441 e. The fraction of sp³-hybridized carbons (Fsp3) is 0.556. The van der Waals surface area contributed by atoms with Gasteiger partial charge in [0.1, 0.15) is 11.6 Å². The summed E-state index contributed by atoms with van der Waals surface area (Å²) >= 11 is -0.0702. The molecule has 1 aromatic rings. The van der Waals surface area contributed by atoms with Crippen molar-refractivity contribution in [3.63, 3.8) is 0 Å². The molecule has 0 aliphatic rings. The van der Waals surface area contributed by atoms with Crippen molar-refractivity contribution in [1.29, 1.82) is 0 Å². The monoisotopic (exact) mass is 267 g/mol. The predicted octanol–water partition coefficient (Wildman–Crippen LogP) is 2.46. The van der Waals surface area contributed by atoms with Crippen molar-refractivity contribution in [2.24, 2.45) is 0 Å². The molecule has 0 spiro atoms. The Morgan fingerprint density at radius 1 is 1.41 bits per heavy atom. The summed E-state index contributed by atoms with van der Waals surface area (Å²) in [6.07, 6.45) is 0. The molecule has 1 N–H and O–H groups in total. The first-order valence-electron chi connectivity index (χ1n) is 4.75. The molecule has 0 bridgehead atoms. The number of thioether (sulfide) groups is 1. The summed E-state index contributed by atoms with van der Waals surface area (Å²) in [4.78, 5) is 7.98. The van der Waals surface area contributed by atoms with Gasteiger partial charge in [0.25, 0.3) is 0 Å². The lowest BCUT2D eigenvalue weighted by Gasteiger charge is -2.08. The Morgan fingerprint density at radius 3 is 2.71 bits per heavy atom. The third-order valence-corrected chi connectivity index (χ3v) is 2.43. The number of nitrogens with zero attached hydrogens (tertiary/aromatic N) is 2. The van der Waals surface area contributed by atoms with Crippen LogP contribution in [-0.2, 0) is 0 Å². The van der Waals surface area contributed by atoms with E-state index in [-0.39, 0.29) is 24.1 Å². The second kappa shape index (κ2) is 5.95. The Kier molecular flexibility index (Phi) is 4.86. The van der Waals surface area contributed by atoms with Crippen molar-refractivity contribution < 1.29 is 17.9 Å². The van der Waals surface area contributed by atoms with Gasteiger partial charge in [0.2, 0.25) is 5.88 Å². The van der Waals surface area contributed by atoms with Gasteiger partial charge in [-0.3, -0.25) is 0 Å². The van der Waals surface area contributed by atoms with Crippen molar-refractivity contribution in [3.05, 3.63) is 11.9 Å². The van der Waals surface area contributed by atoms with Gasteiger partial charge in [-0.25, -0.2) is 4.98 Å². The molecule has 96 valence electrons. The summed E-state index contributed by atoms with van der Waals surface area (Å²) in [6.45, 7) is 1.85. The molecule has 0 amide bonds. The van der Waals surface area contributed by atoms with Crippen LogP contribution in [0.15, 0.2) is 6.07 Å². The lowest BCUT2D eigenvalue weighted by atomic mass is 10.5. The second-order valence-corrected chi connectivity index (χ2v) is 4.22. The van der Waals surface area contributed by atoms with E-state index in [1.165, 1.54) is 13.2 Å². The normalized spacial score (nSPS) is 11.4. The first kappa shape index (κ1) is 13.9. The van der Waals surface area contributed by atoms with Crippen molar-refractivity contribution in [1.82, 2.24) is 9.97 Å². The van der Waals surface area contributed by atoms with Crippen LogP contribution >= 0.6 is 11.8 Å². The molecule has 0 aliphatic carbocycles. The number of halogens is 3. The van der Waals surface area contributed by atoms with Gasteiger partial charge in [-0.1, -0.05) is 0 Å². The Morgan fingerprint density at radius 2 is 2.12 bits per heavy atom. The van der Waals surface area contributed by atoms with E-state index in [2.05, 4.69) is 15.3 Å². The molecule has 0 saturated heterocycles. The number of anilines is 1. The molecule has 4 nitrogen and oxygen atoms in total. The Balaban J connectivity index is 2.44. The van der Waals surface area contributed by atoms with Crippen LogP contribution in [0.4, 0.5) is 19.0 Å². The van der Waals surface area contributed by atoms with Crippen molar-refractivity contribution >= 4 is 17.6 Å². The second-order valence-electron chi connectivity index (χ2n) is 3.06. The molecule has 1 heterocycles. The average molecular weight is 267 g/mol. The summed E-state index contributed by atoms with van der Waals surface area (Å²) in [5.41, 5.74) is -4.19. The number of methoxy groups -OCH3 is 1. The van der Waals surface area contributed by atoms with Crippen LogP contribution in [-0.4, -0.2) is 34.9 Å². The molecule has 8 heteroatoms. The zero-order valence-corrected chi connectivity index (χ0v) is 10.2. The van der Waals surface area contributed by atoms with Crippen molar-refractivity contribution in [2.45, 2.75) is 12.4 Å². The molecule has 0 radical (unpaired) electrons. The summed E-state index contributed by atoms with van der Waals surface area (Å²) < 4.78 is 40.5. The average Bonchev–Trinajstić information content (AvgIpc) is 2.22. The molecule has 0 fully saturated rings. The SMILES string of the molecule is COc1cc(NCCSC(F)(F)F)nc(C)n1. The number of rotatable bonds is 5. The lowest BCUT2D eigenvalue weighted by molar-refractivity contribution is -0.0327. The van der Waals surface area contributed by atoms with E-state index in [0.717, 1.165) is 0 Å². The van der Waals surface area contributed by atoms with Crippen molar-refractivity contribution in [2.75, 3.05) is 24.7 Å². The zero-order chi connectivity index (χ0) is 12.9. The first-order chi connectivity index (χ1) is 7.90. The smallest absolute Gasteiger partial charge is 0.441 e. The highest BCUT2D eigenvalue weighted by Gasteiger charge is 2.27. The van der Waals surface area contributed by atoms with Gasteiger partial charge in [0, 0.05) is 18.4 Å². The third kappa shape index (κ3) is 5.62. The Hall–Kier alpha value is -1.18. The minimum absolute atomic E-state index is 0.0702. The standard InChI is InChI=1S/C9H12F3N3OS/c1-6-14-7(5-8(15-6)16-2)13-3-4-17-9(10,11)12/h5H,3-4H2,1-2H3,(H,13,14,15). The minimum atomic E-state index is -4.19. The Labute approximate surface area is 101 Å². The molecular weight excluding hydrogens is 255 g/mol. The molecular formula is C9H12F3N3OS. The van der Waals surface area contributed by atoms with Crippen LogP contribution in [0.2, 0.25) is 0 Å². The van der Waals surface area contributed by atoms with E-state index < -0.39 is 5.51 Å².